The quantitative estimate of drug-likeness (QED) is 0.800. The number of nitrogens with one attached hydrogen (secondary N) is 1. The van der Waals surface area contributed by atoms with Gasteiger partial charge in [-0.25, -0.2) is 0 Å². The summed E-state index contributed by atoms with van der Waals surface area (Å²) in [5.74, 6) is -0.136. The van der Waals surface area contributed by atoms with Crippen LogP contribution in [-0.4, -0.2) is 25.2 Å². The Labute approximate surface area is 115 Å². The first-order chi connectivity index (χ1) is 9.08. The van der Waals surface area contributed by atoms with E-state index in [0.29, 0.717) is 12.5 Å². The number of carbonyl (C=O) groups excluding carboxylic acids is 1. The minimum Gasteiger partial charge on any atom is -0.469 e. The molecule has 1 aromatic rings. The Balaban J connectivity index is 2.04. The lowest BCUT2D eigenvalue weighted by atomic mass is 9.97. The largest absolute Gasteiger partial charge is 0.469 e. The van der Waals surface area contributed by atoms with E-state index in [-0.39, 0.29) is 12.0 Å². The second-order valence-electron chi connectivity index (χ2n) is 5.55. The van der Waals surface area contributed by atoms with Gasteiger partial charge in [0.25, 0.3) is 0 Å². The number of methoxy groups -OCH3 is 1. The number of hydrogen-bond donors (Lipinski definition) is 1. The molecule has 3 heteroatoms. The third-order valence-corrected chi connectivity index (χ3v) is 3.66. The maximum atomic E-state index is 11.5. The predicted octanol–water partition coefficient (Wildman–Crippen LogP) is 2.53. The van der Waals surface area contributed by atoms with E-state index in [1.165, 1.54) is 36.6 Å². The van der Waals surface area contributed by atoms with Crippen LogP contribution in [-0.2, 0) is 16.0 Å². The summed E-state index contributed by atoms with van der Waals surface area (Å²) in [5.41, 5.74) is 3.88. The van der Waals surface area contributed by atoms with Crippen molar-refractivity contribution in [2.45, 2.75) is 51.6 Å². The Morgan fingerprint density at radius 1 is 1.42 bits per heavy atom. The van der Waals surface area contributed by atoms with Crippen molar-refractivity contribution in [1.82, 2.24) is 5.32 Å². The highest BCUT2D eigenvalue weighted by Gasteiger charge is 2.26. The van der Waals surface area contributed by atoms with E-state index >= 15 is 0 Å². The van der Waals surface area contributed by atoms with Gasteiger partial charge in [0.05, 0.1) is 13.5 Å². The van der Waals surface area contributed by atoms with Gasteiger partial charge in [-0.3, -0.25) is 4.79 Å². The van der Waals surface area contributed by atoms with Crippen molar-refractivity contribution in [2.75, 3.05) is 7.11 Å². The molecular formula is C16H23NO2. The Hall–Kier alpha value is -1.35. The molecule has 1 fully saturated rings. The normalized spacial score (nSPS) is 16.2. The summed E-state index contributed by atoms with van der Waals surface area (Å²) >= 11 is 0. The average Bonchev–Trinajstić information content (AvgIpc) is 3.17. The molecule has 1 aromatic carbocycles. The second kappa shape index (κ2) is 6.20. The van der Waals surface area contributed by atoms with Gasteiger partial charge in [-0.05, 0) is 44.2 Å². The molecule has 19 heavy (non-hydrogen) atoms. The molecule has 0 amide bonds. The maximum absolute atomic E-state index is 11.5. The van der Waals surface area contributed by atoms with Crippen LogP contribution in [0.1, 0.15) is 36.0 Å². The van der Waals surface area contributed by atoms with Crippen LogP contribution in [0.4, 0.5) is 0 Å². The van der Waals surface area contributed by atoms with E-state index in [9.17, 15) is 4.79 Å². The van der Waals surface area contributed by atoms with E-state index in [4.69, 9.17) is 4.74 Å². The van der Waals surface area contributed by atoms with E-state index in [0.717, 1.165) is 6.42 Å². The van der Waals surface area contributed by atoms with Gasteiger partial charge < -0.3 is 10.1 Å². The molecular weight excluding hydrogens is 238 g/mol. The van der Waals surface area contributed by atoms with Gasteiger partial charge in [-0.1, -0.05) is 23.8 Å². The van der Waals surface area contributed by atoms with Crippen LogP contribution >= 0.6 is 0 Å². The summed E-state index contributed by atoms with van der Waals surface area (Å²) < 4.78 is 4.80. The number of rotatable bonds is 6. The van der Waals surface area contributed by atoms with Crippen molar-refractivity contribution >= 4 is 5.97 Å². The van der Waals surface area contributed by atoms with Crippen LogP contribution in [0.2, 0.25) is 0 Å². The fourth-order valence-corrected chi connectivity index (χ4v) is 2.34. The zero-order valence-electron chi connectivity index (χ0n) is 12.0. The first kappa shape index (κ1) is 14.1. The first-order valence-electron chi connectivity index (χ1n) is 6.97. The molecule has 1 aliphatic carbocycles. The predicted molar refractivity (Wildman–Crippen MR) is 76.2 cm³/mol. The van der Waals surface area contributed by atoms with Crippen molar-refractivity contribution < 1.29 is 9.53 Å². The lowest BCUT2D eigenvalue weighted by Crippen LogP contribution is -2.35. The van der Waals surface area contributed by atoms with E-state index in [2.05, 4.69) is 37.4 Å². The molecule has 0 aliphatic heterocycles. The zero-order chi connectivity index (χ0) is 13.8. The van der Waals surface area contributed by atoms with Gasteiger partial charge >= 0.3 is 5.97 Å². The second-order valence-corrected chi connectivity index (χ2v) is 5.55. The highest BCUT2D eigenvalue weighted by Crippen LogP contribution is 2.22. The lowest BCUT2D eigenvalue weighted by molar-refractivity contribution is -0.141. The Morgan fingerprint density at radius 3 is 2.79 bits per heavy atom. The Morgan fingerprint density at radius 2 is 2.16 bits per heavy atom. The minimum absolute atomic E-state index is 0.136. The SMILES string of the molecule is COC(=O)CC(Cc1cc(C)ccc1C)NC1CC1. The van der Waals surface area contributed by atoms with Crippen LogP contribution in [0.25, 0.3) is 0 Å². The van der Waals surface area contributed by atoms with Crippen molar-refractivity contribution in [3.05, 3.63) is 34.9 Å². The van der Waals surface area contributed by atoms with Gasteiger partial charge in [0.15, 0.2) is 0 Å². The Bertz CT molecular complexity index is 452. The van der Waals surface area contributed by atoms with Gasteiger partial charge in [0, 0.05) is 12.1 Å². The molecule has 1 N–H and O–H groups in total. The monoisotopic (exact) mass is 261 g/mol. The van der Waals surface area contributed by atoms with Crippen LogP contribution < -0.4 is 5.32 Å². The van der Waals surface area contributed by atoms with Crippen LogP contribution in [0.3, 0.4) is 0 Å². The summed E-state index contributed by atoms with van der Waals surface area (Å²) in [6, 6.07) is 7.27. The third kappa shape index (κ3) is 4.35. The molecule has 0 aromatic heterocycles. The van der Waals surface area contributed by atoms with Gasteiger partial charge in [0.2, 0.25) is 0 Å². The highest BCUT2D eigenvalue weighted by molar-refractivity contribution is 5.70. The van der Waals surface area contributed by atoms with Gasteiger partial charge in [-0.15, -0.1) is 0 Å². The first-order valence-corrected chi connectivity index (χ1v) is 6.97. The smallest absolute Gasteiger partial charge is 0.307 e. The number of carbonyl (C=O) groups is 1. The summed E-state index contributed by atoms with van der Waals surface area (Å²) in [4.78, 5) is 11.5. The van der Waals surface area contributed by atoms with Crippen molar-refractivity contribution in [3.8, 4) is 0 Å². The number of esters is 1. The fraction of sp³-hybridized carbons (Fsp3) is 0.562. The van der Waals surface area contributed by atoms with Crippen molar-refractivity contribution in [2.24, 2.45) is 0 Å². The molecule has 1 saturated carbocycles. The van der Waals surface area contributed by atoms with Crippen LogP contribution in [0.5, 0.6) is 0 Å². The molecule has 0 spiro atoms. The molecule has 0 heterocycles. The maximum Gasteiger partial charge on any atom is 0.307 e. The number of ether oxygens (including phenoxy) is 1. The Kier molecular flexibility index (Phi) is 4.59. The molecule has 1 aliphatic rings. The molecule has 104 valence electrons. The number of aryl methyl sites for hydroxylation is 2. The third-order valence-electron chi connectivity index (χ3n) is 3.66. The molecule has 0 radical (unpaired) electrons. The highest BCUT2D eigenvalue weighted by atomic mass is 16.5. The van der Waals surface area contributed by atoms with E-state index in [1.54, 1.807) is 0 Å². The summed E-state index contributed by atoms with van der Waals surface area (Å²) in [7, 11) is 1.45. The average molecular weight is 261 g/mol. The molecule has 3 nitrogen and oxygen atoms in total. The van der Waals surface area contributed by atoms with Gasteiger partial charge in [0.1, 0.15) is 0 Å². The van der Waals surface area contributed by atoms with Crippen molar-refractivity contribution in [1.29, 1.82) is 0 Å². The summed E-state index contributed by atoms with van der Waals surface area (Å²) in [6.45, 7) is 4.23. The molecule has 0 saturated heterocycles. The summed E-state index contributed by atoms with van der Waals surface area (Å²) in [5, 5.41) is 3.55. The van der Waals surface area contributed by atoms with Crippen LogP contribution in [0.15, 0.2) is 18.2 Å². The van der Waals surface area contributed by atoms with Crippen LogP contribution in [0, 0.1) is 13.8 Å². The molecule has 1 atom stereocenters. The standard InChI is InChI=1S/C16H23NO2/c1-11-4-5-12(2)13(8-11)9-15(10-16(18)19-3)17-14-6-7-14/h4-5,8,14-15,17H,6-7,9-10H2,1-3H3. The van der Waals surface area contributed by atoms with Gasteiger partial charge in [-0.2, -0.15) is 0 Å². The molecule has 1 unspecified atom stereocenters. The summed E-state index contributed by atoms with van der Waals surface area (Å²) in [6.07, 6.45) is 3.79. The zero-order valence-corrected chi connectivity index (χ0v) is 12.0. The number of hydrogen-bond acceptors (Lipinski definition) is 3. The molecule has 0 bridgehead atoms. The fourth-order valence-electron chi connectivity index (χ4n) is 2.34. The van der Waals surface area contributed by atoms with E-state index in [1.807, 2.05) is 0 Å². The topological polar surface area (TPSA) is 38.3 Å². The van der Waals surface area contributed by atoms with Crippen molar-refractivity contribution in [3.63, 3.8) is 0 Å². The van der Waals surface area contributed by atoms with E-state index < -0.39 is 0 Å². The molecule has 2 rings (SSSR count). The minimum atomic E-state index is -0.136. The number of benzene rings is 1. The lowest BCUT2D eigenvalue weighted by Gasteiger charge is -2.19.